The monoisotopic (exact) mass is 311 g/mol. The zero-order valence-corrected chi connectivity index (χ0v) is 12.3. The molecule has 0 atom stereocenters. The van der Waals surface area contributed by atoms with Crippen LogP contribution in [0.15, 0.2) is 21.9 Å². The third-order valence-electron chi connectivity index (χ3n) is 2.04. The van der Waals surface area contributed by atoms with Crippen LogP contribution in [-0.2, 0) is 10.2 Å². The quantitative estimate of drug-likeness (QED) is 0.622. The van der Waals surface area contributed by atoms with Crippen LogP contribution >= 0.6 is 23.4 Å². The fourth-order valence-corrected chi connectivity index (χ4v) is 2.90. The molecule has 0 aromatic heterocycles. The lowest BCUT2D eigenvalue weighted by Crippen LogP contribution is -2.16. The van der Waals surface area contributed by atoms with Gasteiger partial charge in [-0.25, -0.2) is 0 Å². The molecule has 1 aromatic rings. The first-order valence-electron chi connectivity index (χ1n) is 4.77. The second-order valence-electron chi connectivity index (χ2n) is 3.75. The first kappa shape index (κ1) is 15.3. The maximum absolute atomic E-state index is 12.8. The Bertz CT molecular complexity index is 564. The minimum Gasteiger partial charge on any atom is -0.339 e. The van der Waals surface area contributed by atoms with E-state index >= 15 is 0 Å². The molecular formula is C10H11ClFNO3S2. The van der Waals surface area contributed by atoms with Crippen LogP contribution in [0.3, 0.4) is 0 Å². The summed E-state index contributed by atoms with van der Waals surface area (Å²) in [6.07, 6.45) is 0. The van der Waals surface area contributed by atoms with Crippen LogP contribution in [0.2, 0.25) is 5.02 Å². The van der Waals surface area contributed by atoms with E-state index in [0.717, 1.165) is 23.9 Å². The highest BCUT2D eigenvalue weighted by Crippen LogP contribution is 2.34. The molecule has 0 aliphatic rings. The van der Waals surface area contributed by atoms with Crippen LogP contribution in [0.5, 0.6) is 0 Å². The van der Waals surface area contributed by atoms with Crippen LogP contribution < -0.4 is 0 Å². The molecule has 100 valence electrons. The van der Waals surface area contributed by atoms with Crippen molar-refractivity contribution in [3.05, 3.63) is 22.7 Å². The highest BCUT2D eigenvalue weighted by molar-refractivity contribution is 8.13. The van der Waals surface area contributed by atoms with Gasteiger partial charge in [-0.05, 0) is 36.4 Å². The van der Waals surface area contributed by atoms with Crippen molar-refractivity contribution in [1.29, 1.82) is 0 Å². The summed E-state index contributed by atoms with van der Waals surface area (Å²) < 4.78 is 34.4. The van der Waals surface area contributed by atoms with Gasteiger partial charge in [-0.2, -0.15) is 8.42 Å². The van der Waals surface area contributed by atoms with Gasteiger partial charge in [0.25, 0.3) is 5.24 Å². The van der Waals surface area contributed by atoms with Gasteiger partial charge in [-0.1, -0.05) is 11.6 Å². The van der Waals surface area contributed by atoms with E-state index in [1.165, 1.54) is 4.90 Å². The molecule has 0 N–H and O–H groups in total. The largest absolute Gasteiger partial charge is 0.339 e. The topological polar surface area (TPSA) is 54.5 Å². The molecule has 0 radical (unpaired) electrons. The standard InChI is InChI=1S/C10H11ClFNO3S2/c1-6-4-7(18(12,15)16)5-8(11)9(6)17-10(14)13(2)3/h4-5H,1-3H3. The number of halogens is 2. The van der Waals surface area contributed by atoms with Gasteiger partial charge < -0.3 is 4.90 Å². The van der Waals surface area contributed by atoms with E-state index < -0.39 is 15.1 Å². The average molecular weight is 312 g/mol. The predicted molar refractivity (Wildman–Crippen MR) is 69.4 cm³/mol. The predicted octanol–water partition coefficient (Wildman–Crippen LogP) is 3.08. The van der Waals surface area contributed by atoms with Crippen LogP contribution in [0.4, 0.5) is 8.68 Å². The number of carbonyl (C=O) groups is 1. The molecule has 1 aromatic carbocycles. The van der Waals surface area contributed by atoms with Gasteiger partial charge in [-0.3, -0.25) is 4.79 Å². The first-order valence-corrected chi connectivity index (χ1v) is 7.34. The number of carbonyl (C=O) groups excluding carboxylic acids is 1. The number of benzene rings is 1. The molecule has 0 heterocycles. The van der Waals surface area contributed by atoms with Gasteiger partial charge >= 0.3 is 10.2 Å². The van der Waals surface area contributed by atoms with Crippen LogP contribution in [-0.4, -0.2) is 32.7 Å². The lowest BCUT2D eigenvalue weighted by atomic mass is 10.2. The minimum absolute atomic E-state index is 0.0337. The fourth-order valence-electron chi connectivity index (χ4n) is 1.15. The van der Waals surface area contributed by atoms with Crippen LogP contribution in [0.25, 0.3) is 0 Å². The second kappa shape index (κ2) is 5.46. The van der Waals surface area contributed by atoms with Gasteiger partial charge in [-0.15, -0.1) is 3.89 Å². The summed E-state index contributed by atoms with van der Waals surface area (Å²) in [5, 5.41) is -0.220. The Hall–Kier alpha value is -0.790. The Morgan fingerprint density at radius 1 is 1.39 bits per heavy atom. The zero-order chi connectivity index (χ0) is 14.1. The van der Waals surface area contributed by atoms with Crippen molar-refractivity contribution in [2.45, 2.75) is 16.7 Å². The molecule has 0 aliphatic heterocycles. The lowest BCUT2D eigenvalue weighted by molar-refractivity contribution is 0.241. The van der Waals surface area contributed by atoms with Gasteiger partial charge in [0, 0.05) is 19.0 Å². The molecule has 0 fully saturated rings. The summed E-state index contributed by atoms with van der Waals surface area (Å²) in [5.74, 6) is 0. The molecular weight excluding hydrogens is 301 g/mol. The molecule has 0 saturated heterocycles. The van der Waals surface area contributed by atoms with Crippen molar-refractivity contribution >= 4 is 38.8 Å². The number of amides is 1. The molecule has 1 amide bonds. The number of hydrogen-bond donors (Lipinski definition) is 0. The highest BCUT2D eigenvalue weighted by Gasteiger charge is 2.18. The number of rotatable bonds is 2. The van der Waals surface area contributed by atoms with Gasteiger partial charge in [0.1, 0.15) is 4.90 Å². The summed E-state index contributed by atoms with van der Waals surface area (Å²) in [4.78, 5) is 12.8. The molecule has 0 spiro atoms. The molecule has 4 nitrogen and oxygen atoms in total. The molecule has 8 heteroatoms. The Balaban J connectivity index is 3.22. The summed E-state index contributed by atoms with van der Waals surface area (Å²) in [5.41, 5.74) is 0.430. The smallest absolute Gasteiger partial charge is 0.332 e. The molecule has 0 unspecified atom stereocenters. The Morgan fingerprint density at radius 3 is 2.33 bits per heavy atom. The van der Waals surface area contributed by atoms with Gasteiger partial charge in [0.05, 0.1) is 5.02 Å². The van der Waals surface area contributed by atoms with Crippen LogP contribution in [0, 0.1) is 6.92 Å². The maximum Gasteiger partial charge on any atom is 0.332 e. The summed E-state index contributed by atoms with van der Waals surface area (Å²) in [6.45, 7) is 1.56. The third-order valence-corrected chi connectivity index (χ3v) is 4.53. The summed E-state index contributed by atoms with van der Waals surface area (Å²) in [6, 6.07) is 2.14. The van der Waals surface area contributed by atoms with Crippen molar-refractivity contribution in [1.82, 2.24) is 4.90 Å². The van der Waals surface area contributed by atoms with Crippen molar-refractivity contribution < 1.29 is 17.1 Å². The SMILES string of the molecule is Cc1cc(S(=O)(=O)F)cc(Cl)c1SC(=O)N(C)C. The summed E-state index contributed by atoms with van der Waals surface area (Å²) in [7, 11) is -1.63. The number of nitrogens with zero attached hydrogens (tertiary/aromatic N) is 1. The normalized spacial score (nSPS) is 11.4. The second-order valence-corrected chi connectivity index (χ2v) is 6.47. The molecule has 0 saturated carbocycles. The minimum atomic E-state index is -4.80. The Morgan fingerprint density at radius 2 is 1.94 bits per heavy atom. The number of thioether (sulfide) groups is 1. The lowest BCUT2D eigenvalue weighted by Gasteiger charge is -2.12. The van der Waals surface area contributed by atoms with Crippen molar-refractivity contribution in [3.8, 4) is 0 Å². The van der Waals surface area contributed by atoms with Gasteiger partial charge in [0.15, 0.2) is 0 Å². The third kappa shape index (κ3) is 3.60. The Labute approximate surface area is 114 Å². The molecule has 0 bridgehead atoms. The zero-order valence-electron chi connectivity index (χ0n) is 9.90. The van der Waals surface area contributed by atoms with E-state index in [0.29, 0.717) is 10.5 Å². The highest BCUT2D eigenvalue weighted by atomic mass is 35.5. The fraction of sp³-hybridized carbons (Fsp3) is 0.300. The van der Waals surface area contributed by atoms with Crippen molar-refractivity contribution in [3.63, 3.8) is 0 Å². The Kier molecular flexibility index (Phi) is 4.63. The molecule has 1 rings (SSSR count). The van der Waals surface area contributed by atoms with E-state index in [4.69, 9.17) is 11.6 Å². The number of hydrogen-bond acceptors (Lipinski definition) is 4. The van der Waals surface area contributed by atoms with E-state index in [-0.39, 0.29) is 10.3 Å². The van der Waals surface area contributed by atoms with E-state index in [9.17, 15) is 17.1 Å². The number of aryl methyl sites for hydroxylation is 1. The molecule has 18 heavy (non-hydrogen) atoms. The first-order chi connectivity index (χ1) is 8.12. The van der Waals surface area contributed by atoms with Gasteiger partial charge in [0.2, 0.25) is 0 Å². The van der Waals surface area contributed by atoms with E-state index in [1.807, 2.05) is 0 Å². The van der Waals surface area contributed by atoms with E-state index in [2.05, 4.69) is 0 Å². The van der Waals surface area contributed by atoms with E-state index in [1.54, 1.807) is 21.0 Å². The molecule has 0 aliphatic carbocycles. The van der Waals surface area contributed by atoms with Crippen molar-refractivity contribution in [2.75, 3.05) is 14.1 Å². The average Bonchev–Trinajstić information content (AvgIpc) is 2.21. The summed E-state index contributed by atoms with van der Waals surface area (Å²) >= 11 is 6.73. The van der Waals surface area contributed by atoms with Crippen molar-refractivity contribution in [2.24, 2.45) is 0 Å². The maximum atomic E-state index is 12.8. The van der Waals surface area contributed by atoms with Crippen LogP contribution in [0.1, 0.15) is 5.56 Å².